The fraction of sp³-hybridized carbons (Fsp3) is 0.591. The van der Waals surface area contributed by atoms with E-state index in [2.05, 4.69) is 16.0 Å². The lowest BCUT2D eigenvalue weighted by molar-refractivity contribution is -0.121. The van der Waals surface area contributed by atoms with Crippen molar-refractivity contribution in [2.24, 2.45) is 5.73 Å². The summed E-state index contributed by atoms with van der Waals surface area (Å²) >= 11 is 0. The molecule has 0 unspecified atom stereocenters. The van der Waals surface area contributed by atoms with E-state index in [0.717, 1.165) is 18.4 Å². The molecule has 1 aromatic carbocycles. The lowest BCUT2D eigenvalue weighted by Crippen LogP contribution is -2.43. The van der Waals surface area contributed by atoms with E-state index in [9.17, 15) is 14.4 Å². The molecule has 0 bridgehead atoms. The summed E-state index contributed by atoms with van der Waals surface area (Å²) in [6, 6.07) is 8.99. The van der Waals surface area contributed by atoms with E-state index in [4.69, 9.17) is 15.2 Å². The van der Waals surface area contributed by atoms with E-state index >= 15 is 0 Å². The minimum absolute atomic E-state index is 0.113. The third-order valence-electron chi connectivity index (χ3n) is 4.09. The van der Waals surface area contributed by atoms with Crippen LogP contribution in [-0.2, 0) is 20.9 Å². The van der Waals surface area contributed by atoms with Crippen LogP contribution in [0.3, 0.4) is 0 Å². The average molecular weight is 437 g/mol. The number of nitrogens with one attached hydrogen (secondary N) is 3. The Hall–Kier alpha value is -2.81. The maximum atomic E-state index is 12.2. The van der Waals surface area contributed by atoms with Crippen LogP contribution in [0.15, 0.2) is 30.3 Å². The molecular weight excluding hydrogens is 400 g/mol. The molecular formula is C22H36N4O5. The Labute approximate surface area is 184 Å². The topological polar surface area (TPSA) is 132 Å². The number of benzene rings is 1. The second-order valence-corrected chi connectivity index (χ2v) is 8.17. The number of unbranched alkanes of at least 4 members (excludes halogenated alkanes) is 1. The predicted molar refractivity (Wildman–Crippen MR) is 118 cm³/mol. The van der Waals surface area contributed by atoms with E-state index < -0.39 is 17.8 Å². The molecule has 0 heterocycles. The van der Waals surface area contributed by atoms with Crippen molar-refractivity contribution in [3.8, 4) is 0 Å². The Morgan fingerprint density at radius 2 is 1.68 bits per heavy atom. The zero-order valence-electron chi connectivity index (χ0n) is 18.7. The Bertz CT molecular complexity index is 676. The highest BCUT2D eigenvalue weighted by molar-refractivity contribution is 5.77. The molecule has 0 spiro atoms. The van der Waals surface area contributed by atoms with Crippen molar-refractivity contribution in [1.29, 1.82) is 0 Å². The summed E-state index contributed by atoms with van der Waals surface area (Å²) < 4.78 is 10.4. The molecule has 9 nitrogen and oxygen atoms in total. The zero-order chi connectivity index (χ0) is 23.1. The molecule has 0 radical (unpaired) electrons. The van der Waals surface area contributed by atoms with Gasteiger partial charge in [0.05, 0.1) is 0 Å². The van der Waals surface area contributed by atoms with Gasteiger partial charge in [0.2, 0.25) is 5.91 Å². The van der Waals surface area contributed by atoms with Gasteiger partial charge in [-0.15, -0.1) is 0 Å². The first-order valence-electron chi connectivity index (χ1n) is 10.6. The molecule has 1 rings (SSSR count). The number of nitrogens with two attached hydrogens (primary N) is 1. The number of ether oxygens (including phenoxy) is 2. The fourth-order valence-corrected chi connectivity index (χ4v) is 2.67. The molecule has 0 aliphatic carbocycles. The lowest BCUT2D eigenvalue weighted by Gasteiger charge is -2.23. The average Bonchev–Trinajstić information content (AvgIpc) is 2.69. The quantitative estimate of drug-likeness (QED) is 0.372. The van der Waals surface area contributed by atoms with Gasteiger partial charge in [0.1, 0.15) is 12.2 Å². The van der Waals surface area contributed by atoms with Crippen molar-refractivity contribution in [1.82, 2.24) is 16.0 Å². The molecule has 0 aliphatic heterocycles. The van der Waals surface area contributed by atoms with Gasteiger partial charge in [0.15, 0.2) is 0 Å². The molecule has 174 valence electrons. The van der Waals surface area contributed by atoms with Crippen LogP contribution >= 0.6 is 0 Å². The van der Waals surface area contributed by atoms with Crippen LogP contribution in [-0.4, -0.2) is 49.4 Å². The second kappa shape index (κ2) is 14.2. The number of carbonyl (C=O) groups excluding carboxylic acids is 3. The van der Waals surface area contributed by atoms with E-state index in [0.29, 0.717) is 13.0 Å². The van der Waals surface area contributed by atoms with E-state index in [1.807, 2.05) is 30.3 Å². The van der Waals surface area contributed by atoms with Gasteiger partial charge in [-0.3, -0.25) is 4.79 Å². The fourth-order valence-electron chi connectivity index (χ4n) is 2.67. The van der Waals surface area contributed by atoms with Gasteiger partial charge in [0, 0.05) is 25.6 Å². The van der Waals surface area contributed by atoms with Gasteiger partial charge >= 0.3 is 12.2 Å². The molecule has 1 atom stereocenters. The van der Waals surface area contributed by atoms with Gasteiger partial charge in [-0.2, -0.15) is 0 Å². The first kappa shape index (κ1) is 26.2. The van der Waals surface area contributed by atoms with Crippen LogP contribution in [0.25, 0.3) is 0 Å². The van der Waals surface area contributed by atoms with Crippen LogP contribution in [0.4, 0.5) is 9.59 Å². The normalized spacial score (nSPS) is 11.9. The van der Waals surface area contributed by atoms with Crippen molar-refractivity contribution in [3.63, 3.8) is 0 Å². The predicted octanol–water partition coefficient (Wildman–Crippen LogP) is 2.44. The first-order valence-corrected chi connectivity index (χ1v) is 10.6. The molecule has 0 aliphatic rings. The maximum Gasteiger partial charge on any atom is 0.407 e. The van der Waals surface area contributed by atoms with E-state index in [-0.39, 0.29) is 38.1 Å². The van der Waals surface area contributed by atoms with E-state index in [1.54, 1.807) is 20.8 Å². The lowest BCUT2D eigenvalue weighted by atomic mass is 10.1. The summed E-state index contributed by atoms with van der Waals surface area (Å²) in [4.78, 5) is 36.0. The summed E-state index contributed by atoms with van der Waals surface area (Å²) in [5.74, 6) is -0.228. The van der Waals surface area contributed by atoms with Gasteiger partial charge in [-0.25, -0.2) is 9.59 Å². The molecule has 5 N–H and O–H groups in total. The highest BCUT2D eigenvalue weighted by atomic mass is 16.6. The Kier molecular flexibility index (Phi) is 12.0. The first-order chi connectivity index (χ1) is 14.7. The number of alkyl carbamates (subject to hydrolysis) is 2. The third kappa shape index (κ3) is 13.9. The number of rotatable bonds is 12. The third-order valence-corrected chi connectivity index (χ3v) is 4.09. The minimum Gasteiger partial charge on any atom is -0.445 e. The van der Waals surface area contributed by atoms with E-state index in [1.165, 1.54) is 0 Å². The molecule has 0 saturated carbocycles. The number of hydrogen-bond acceptors (Lipinski definition) is 6. The van der Waals surface area contributed by atoms with Crippen LogP contribution in [0.5, 0.6) is 0 Å². The summed E-state index contributed by atoms with van der Waals surface area (Å²) in [7, 11) is 0. The van der Waals surface area contributed by atoms with Crippen molar-refractivity contribution >= 4 is 18.1 Å². The van der Waals surface area contributed by atoms with Crippen molar-refractivity contribution in [2.75, 3.05) is 19.6 Å². The largest absolute Gasteiger partial charge is 0.445 e. The monoisotopic (exact) mass is 436 g/mol. The Balaban J connectivity index is 2.31. The zero-order valence-corrected chi connectivity index (χ0v) is 18.7. The van der Waals surface area contributed by atoms with Gasteiger partial charge < -0.3 is 31.2 Å². The summed E-state index contributed by atoms with van der Waals surface area (Å²) in [5, 5.41) is 8.06. The molecule has 1 aromatic rings. The Morgan fingerprint density at radius 3 is 2.32 bits per heavy atom. The summed E-state index contributed by atoms with van der Waals surface area (Å²) in [5.41, 5.74) is 5.80. The van der Waals surface area contributed by atoms with Crippen LogP contribution < -0.4 is 21.7 Å². The van der Waals surface area contributed by atoms with Crippen LogP contribution in [0.1, 0.15) is 52.0 Å². The standard InChI is InChI=1S/C22H36N4O5/c1-22(2,3)31-21(29)26-18(11-7-8-12-23)15-19(27)24-13-14-25-20(28)30-16-17-9-5-4-6-10-17/h4-6,9-10,18H,7-8,11-16,23H2,1-3H3,(H,24,27)(H,25,28)(H,26,29)/t18-/m0/s1. The highest BCUT2D eigenvalue weighted by Gasteiger charge is 2.21. The molecule has 9 heteroatoms. The van der Waals surface area contributed by atoms with Gasteiger partial charge in [-0.1, -0.05) is 36.8 Å². The second-order valence-electron chi connectivity index (χ2n) is 8.17. The smallest absolute Gasteiger partial charge is 0.407 e. The van der Waals surface area contributed by atoms with Crippen molar-refractivity contribution < 1.29 is 23.9 Å². The molecule has 0 aromatic heterocycles. The van der Waals surface area contributed by atoms with Crippen molar-refractivity contribution in [3.05, 3.63) is 35.9 Å². The molecule has 31 heavy (non-hydrogen) atoms. The van der Waals surface area contributed by atoms with Crippen molar-refractivity contribution in [2.45, 2.75) is 64.7 Å². The summed E-state index contributed by atoms with van der Waals surface area (Å²) in [6.45, 7) is 6.55. The van der Waals surface area contributed by atoms with Gasteiger partial charge in [-0.05, 0) is 45.7 Å². The molecule has 0 fully saturated rings. The highest BCUT2D eigenvalue weighted by Crippen LogP contribution is 2.09. The van der Waals surface area contributed by atoms with Gasteiger partial charge in [0.25, 0.3) is 0 Å². The molecule has 3 amide bonds. The maximum absolute atomic E-state index is 12.2. The number of hydrogen-bond donors (Lipinski definition) is 4. The SMILES string of the molecule is CC(C)(C)OC(=O)N[C@@H](CCCCN)CC(=O)NCCNC(=O)OCc1ccccc1. The van der Waals surface area contributed by atoms with Crippen LogP contribution in [0.2, 0.25) is 0 Å². The van der Waals surface area contributed by atoms with Crippen LogP contribution in [0, 0.1) is 0 Å². The summed E-state index contributed by atoms with van der Waals surface area (Å²) in [6.07, 6.45) is 1.23. The number of amides is 3. The number of carbonyl (C=O) groups is 3. The minimum atomic E-state index is -0.616. The molecule has 0 saturated heterocycles. The Morgan fingerprint density at radius 1 is 1.00 bits per heavy atom.